The monoisotopic (exact) mass is 232 g/mol. The molecule has 1 N–H and O–H groups in total. The van der Waals surface area contributed by atoms with Crippen LogP contribution in [0, 0.1) is 0 Å². The van der Waals surface area contributed by atoms with Gasteiger partial charge < -0.3 is 5.32 Å². The van der Waals surface area contributed by atoms with E-state index in [9.17, 15) is 13.2 Å². The summed E-state index contributed by atoms with van der Waals surface area (Å²) in [4.78, 5) is 3.59. The van der Waals surface area contributed by atoms with E-state index in [-0.39, 0.29) is 0 Å². The number of halogens is 3. The molecule has 2 aromatic rings. The fraction of sp³-hybridized carbons (Fsp3) is 0.222. The summed E-state index contributed by atoms with van der Waals surface area (Å²) >= 11 is 0.658. The Hall–Kier alpha value is -1.30. The van der Waals surface area contributed by atoms with Crippen LogP contribution in [0.25, 0.3) is 10.2 Å². The van der Waals surface area contributed by atoms with Crippen LogP contribution in [-0.4, -0.2) is 12.0 Å². The van der Waals surface area contributed by atoms with Crippen molar-refractivity contribution in [3.63, 3.8) is 0 Å². The summed E-state index contributed by atoms with van der Waals surface area (Å²) in [5.74, 6) is 0. The van der Waals surface area contributed by atoms with Crippen molar-refractivity contribution in [2.24, 2.45) is 0 Å². The minimum absolute atomic E-state index is 0.373. The summed E-state index contributed by atoms with van der Waals surface area (Å²) in [5.41, 5.74) is 0.983. The standard InChI is InChI=1S/C9H7F3N2S/c1-13-5-3-2-4-6-7(5)14-8(15-6)9(10,11)12/h2-4,13H,1H3. The van der Waals surface area contributed by atoms with Crippen molar-refractivity contribution in [2.45, 2.75) is 6.18 Å². The molecule has 0 bridgehead atoms. The molecule has 1 aromatic carbocycles. The molecule has 0 amide bonds. The molecule has 0 aliphatic carbocycles. The van der Waals surface area contributed by atoms with Crippen molar-refractivity contribution < 1.29 is 13.2 Å². The van der Waals surface area contributed by atoms with Gasteiger partial charge in [0.15, 0.2) is 5.01 Å². The van der Waals surface area contributed by atoms with Crippen LogP contribution >= 0.6 is 11.3 Å². The highest BCUT2D eigenvalue weighted by Crippen LogP contribution is 2.37. The molecule has 15 heavy (non-hydrogen) atoms. The van der Waals surface area contributed by atoms with Crippen LogP contribution in [-0.2, 0) is 6.18 Å². The molecule has 1 aromatic heterocycles. The Balaban J connectivity index is 2.65. The van der Waals surface area contributed by atoms with Gasteiger partial charge in [0.1, 0.15) is 5.52 Å². The Bertz CT molecular complexity index is 490. The number of hydrogen-bond donors (Lipinski definition) is 1. The number of thiazole rings is 1. The quantitative estimate of drug-likeness (QED) is 0.815. The molecule has 2 rings (SSSR count). The third-order valence-corrected chi connectivity index (χ3v) is 3.00. The summed E-state index contributed by atoms with van der Waals surface area (Å²) in [6, 6.07) is 5.03. The highest BCUT2D eigenvalue weighted by atomic mass is 32.1. The van der Waals surface area contributed by atoms with Crippen molar-refractivity contribution >= 4 is 27.2 Å². The smallest absolute Gasteiger partial charge is 0.386 e. The molecule has 0 saturated carbocycles. The largest absolute Gasteiger partial charge is 0.443 e. The van der Waals surface area contributed by atoms with Gasteiger partial charge in [-0.25, -0.2) is 4.98 Å². The van der Waals surface area contributed by atoms with Crippen LogP contribution in [0.4, 0.5) is 18.9 Å². The Kier molecular flexibility index (Phi) is 2.30. The van der Waals surface area contributed by atoms with Crippen molar-refractivity contribution in [3.05, 3.63) is 23.2 Å². The number of alkyl halides is 3. The van der Waals surface area contributed by atoms with Gasteiger partial charge >= 0.3 is 6.18 Å². The molecule has 1 heterocycles. The number of anilines is 1. The molecule has 2 nitrogen and oxygen atoms in total. The van der Waals surface area contributed by atoms with Gasteiger partial charge in [-0.15, -0.1) is 11.3 Å². The van der Waals surface area contributed by atoms with E-state index in [1.54, 1.807) is 25.2 Å². The zero-order chi connectivity index (χ0) is 11.1. The zero-order valence-corrected chi connectivity index (χ0v) is 8.54. The number of nitrogens with one attached hydrogen (secondary N) is 1. The number of aromatic nitrogens is 1. The van der Waals surface area contributed by atoms with Crippen LogP contribution in [0.3, 0.4) is 0 Å². The highest BCUT2D eigenvalue weighted by molar-refractivity contribution is 7.18. The van der Waals surface area contributed by atoms with Crippen molar-refractivity contribution in [2.75, 3.05) is 12.4 Å². The molecule has 0 fully saturated rings. The van der Waals surface area contributed by atoms with Gasteiger partial charge in [0, 0.05) is 7.05 Å². The van der Waals surface area contributed by atoms with Gasteiger partial charge in [0.2, 0.25) is 0 Å². The third-order valence-electron chi connectivity index (χ3n) is 1.93. The number of benzene rings is 1. The van der Waals surface area contributed by atoms with E-state index in [2.05, 4.69) is 10.3 Å². The molecule has 0 spiro atoms. The lowest BCUT2D eigenvalue weighted by Gasteiger charge is -1.99. The maximum absolute atomic E-state index is 12.4. The van der Waals surface area contributed by atoms with E-state index in [1.165, 1.54) is 0 Å². The second-order valence-corrected chi connectivity index (χ2v) is 3.95. The lowest BCUT2D eigenvalue weighted by atomic mass is 10.3. The molecular weight excluding hydrogens is 225 g/mol. The first-order valence-electron chi connectivity index (χ1n) is 4.17. The maximum Gasteiger partial charge on any atom is 0.443 e. The molecule has 0 saturated heterocycles. The van der Waals surface area contributed by atoms with E-state index in [1.807, 2.05) is 0 Å². The Morgan fingerprint density at radius 3 is 2.67 bits per heavy atom. The van der Waals surface area contributed by atoms with Gasteiger partial charge in [0.05, 0.1) is 10.4 Å². The predicted octanol–water partition coefficient (Wildman–Crippen LogP) is 3.36. The predicted molar refractivity (Wildman–Crippen MR) is 54.2 cm³/mol. The van der Waals surface area contributed by atoms with Crippen molar-refractivity contribution in [3.8, 4) is 0 Å². The number of rotatable bonds is 1. The maximum atomic E-state index is 12.4. The SMILES string of the molecule is CNc1cccc2sc(C(F)(F)F)nc12. The second-order valence-electron chi connectivity index (χ2n) is 2.92. The lowest BCUT2D eigenvalue weighted by molar-refractivity contribution is -0.137. The van der Waals surface area contributed by atoms with E-state index in [0.717, 1.165) is 0 Å². The minimum Gasteiger partial charge on any atom is -0.386 e. The number of fused-ring (bicyclic) bond motifs is 1. The van der Waals surface area contributed by atoms with E-state index in [0.29, 0.717) is 27.2 Å². The molecule has 6 heteroatoms. The molecule has 0 aliphatic rings. The molecular formula is C9H7F3N2S. The molecule has 80 valence electrons. The van der Waals surface area contributed by atoms with Gasteiger partial charge in [-0.05, 0) is 12.1 Å². The number of nitrogens with zero attached hydrogens (tertiary/aromatic N) is 1. The number of para-hydroxylation sites is 1. The third kappa shape index (κ3) is 1.77. The van der Waals surface area contributed by atoms with E-state index < -0.39 is 11.2 Å². The van der Waals surface area contributed by atoms with Crippen LogP contribution in [0.2, 0.25) is 0 Å². The fourth-order valence-electron chi connectivity index (χ4n) is 1.27. The van der Waals surface area contributed by atoms with Crippen LogP contribution in [0.5, 0.6) is 0 Å². The number of hydrogen-bond acceptors (Lipinski definition) is 3. The zero-order valence-electron chi connectivity index (χ0n) is 7.72. The Morgan fingerprint density at radius 1 is 1.33 bits per heavy atom. The summed E-state index contributed by atoms with van der Waals surface area (Å²) in [6.45, 7) is 0. The Morgan fingerprint density at radius 2 is 2.07 bits per heavy atom. The van der Waals surface area contributed by atoms with Crippen LogP contribution in [0.15, 0.2) is 18.2 Å². The summed E-state index contributed by atoms with van der Waals surface area (Å²) in [5, 5.41) is 2.01. The van der Waals surface area contributed by atoms with Gasteiger partial charge in [0.25, 0.3) is 0 Å². The van der Waals surface area contributed by atoms with Gasteiger partial charge in [-0.3, -0.25) is 0 Å². The first-order chi connectivity index (χ1) is 7.02. The minimum atomic E-state index is -4.37. The van der Waals surface area contributed by atoms with E-state index in [4.69, 9.17) is 0 Å². The molecule has 0 unspecified atom stereocenters. The topological polar surface area (TPSA) is 24.9 Å². The second kappa shape index (κ2) is 3.37. The molecule has 0 radical (unpaired) electrons. The molecule has 0 atom stereocenters. The lowest BCUT2D eigenvalue weighted by Crippen LogP contribution is -2.03. The fourth-order valence-corrected chi connectivity index (χ4v) is 2.13. The summed E-state index contributed by atoms with van der Waals surface area (Å²) in [6.07, 6.45) is -4.37. The average molecular weight is 232 g/mol. The summed E-state index contributed by atoms with van der Waals surface area (Å²) in [7, 11) is 1.65. The van der Waals surface area contributed by atoms with Crippen molar-refractivity contribution in [1.29, 1.82) is 0 Å². The first kappa shape index (κ1) is 10.2. The van der Waals surface area contributed by atoms with Crippen molar-refractivity contribution in [1.82, 2.24) is 4.98 Å². The average Bonchev–Trinajstić information content (AvgIpc) is 2.59. The normalized spacial score (nSPS) is 12.0. The van der Waals surface area contributed by atoms with Gasteiger partial charge in [-0.1, -0.05) is 6.07 Å². The summed E-state index contributed by atoms with van der Waals surface area (Å²) < 4.78 is 37.7. The van der Waals surface area contributed by atoms with Crippen LogP contribution in [0.1, 0.15) is 5.01 Å². The highest BCUT2D eigenvalue weighted by Gasteiger charge is 2.35. The Labute approximate surface area is 87.7 Å². The van der Waals surface area contributed by atoms with Crippen LogP contribution < -0.4 is 5.32 Å². The van der Waals surface area contributed by atoms with E-state index >= 15 is 0 Å². The first-order valence-corrected chi connectivity index (χ1v) is 4.98. The molecule has 0 aliphatic heterocycles. The van der Waals surface area contributed by atoms with Gasteiger partial charge in [-0.2, -0.15) is 13.2 Å².